The predicted molar refractivity (Wildman–Crippen MR) is 86.8 cm³/mol. The van der Waals surface area contributed by atoms with Crippen molar-refractivity contribution in [3.63, 3.8) is 0 Å². The Labute approximate surface area is 141 Å². The van der Waals surface area contributed by atoms with Crippen LogP contribution in [0.3, 0.4) is 0 Å². The molecule has 1 saturated heterocycles. The molecule has 6 heteroatoms. The second-order valence-electron chi connectivity index (χ2n) is 6.51. The van der Waals surface area contributed by atoms with E-state index in [2.05, 4.69) is 0 Å². The highest BCUT2D eigenvalue weighted by molar-refractivity contribution is 5.95. The molecule has 1 heterocycles. The quantitative estimate of drug-likeness (QED) is 0.847. The summed E-state index contributed by atoms with van der Waals surface area (Å²) in [4.78, 5) is 14.7. The summed E-state index contributed by atoms with van der Waals surface area (Å²) >= 11 is 0. The van der Waals surface area contributed by atoms with Gasteiger partial charge >= 0.3 is 0 Å². The number of benzene rings is 1. The molecule has 1 aliphatic carbocycles. The van der Waals surface area contributed by atoms with E-state index in [9.17, 15) is 9.18 Å². The third-order valence-corrected chi connectivity index (χ3v) is 5.53. The summed E-state index contributed by atoms with van der Waals surface area (Å²) in [6, 6.07) is 4.29. The smallest absolute Gasteiger partial charge is 0.254 e. The van der Waals surface area contributed by atoms with Crippen molar-refractivity contribution < 1.29 is 23.4 Å². The van der Waals surface area contributed by atoms with Gasteiger partial charge in [-0.1, -0.05) is 0 Å². The topological polar surface area (TPSA) is 48.0 Å². The van der Waals surface area contributed by atoms with Crippen LogP contribution in [-0.2, 0) is 9.47 Å². The number of hydrogen-bond donors (Lipinski definition) is 0. The van der Waals surface area contributed by atoms with Gasteiger partial charge in [0.25, 0.3) is 5.91 Å². The fourth-order valence-corrected chi connectivity index (χ4v) is 4.08. The van der Waals surface area contributed by atoms with E-state index in [4.69, 9.17) is 14.2 Å². The van der Waals surface area contributed by atoms with Gasteiger partial charge in [0.15, 0.2) is 11.6 Å². The maximum absolute atomic E-state index is 13.9. The van der Waals surface area contributed by atoms with Crippen LogP contribution in [-0.4, -0.2) is 56.4 Å². The Morgan fingerprint density at radius 3 is 2.71 bits per heavy atom. The summed E-state index contributed by atoms with van der Waals surface area (Å²) in [5, 5.41) is 0. The lowest BCUT2D eigenvalue weighted by Crippen LogP contribution is -2.53. The average molecular weight is 337 g/mol. The van der Waals surface area contributed by atoms with Gasteiger partial charge in [-0.15, -0.1) is 0 Å². The summed E-state index contributed by atoms with van der Waals surface area (Å²) in [5.74, 6) is -0.562. The number of likely N-dealkylation sites (tertiary alicyclic amines) is 1. The highest BCUT2D eigenvalue weighted by Gasteiger charge is 2.52. The van der Waals surface area contributed by atoms with Crippen LogP contribution in [0.5, 0.6) is 5.75 Å². The predicted octanol–water partition coefficient (Wildman–Crippen LogP) is 2.63. The van der Waals surface area contributed by atoms with Gasteiger partial charge in [-0.2, -0.15) is 0 Å². The Balaban J connectivity index is 1.85. The number of amides is 1. The first kappa shape index (κ1) is 17.2. The SMILES string of the molecule is COc1ccc(C(=O)N2CC[C@@]3(OC)CC[C@H](OC)C[C@@H]23)cc1F. The fraction of sp³-hybridized carbons (Fsp3) is 0.611. The number of rotatable bonds is 4. The lowest BCUT2D eigenvalue weighted by atomic mass is 9.79. The van der Waals surface area contributed by atoms with Crippen LogP contribution in [0, 0.1) is 5.82 Å². The summed E-state index contributed by atoms with van der Waals surface area (Å²) in [6.45, 7) is 0.613. The molecular weight excluding hydrogens is 313 g/mol. The Morgan fingerprint density at radius 2 is 2.08 bits per heavy atom. The molecule has 1 saturated carbocycles. The van der Waals surface area contributed by atoms with E-state index in [1.54, 1.807) is 20.3 Å². The highest BCUT2D eigenvalue weighted by atomic mass is 19.1. The molecule has 0 aromatic heterocycles. The number of ether oxygens (including phenoxy) is 3. The van der Waals surface area contributed by atoms with Gasteiger partial charge in [0.2, 0.25) is 0 Å². The third-order valence-electron chi connectivity index (χ3n) is 5.53. The maximum atomic E-state index is 13.9. The fourth-order valence-electron chi connectivity index (χ4n) is 4.08. The van der Waals surface area contributed by atoms with E-state index < -0.39 is 5.82 Å². The highest BCUT2D eigenvalue weighted by Crippen LogP contribution is 2.43. The largest absolute Gasteiger partial charge is 0.494 e. The average Bonchev–Trinajstić information content (AvgIpc) is 3.00. The van der Waals surface area contributed by atoms with Crippen molar-refractivity contribution in [3.05, 3.63) is 29.6 Å². The monoisotopic (exact) mass is 337 g/mol. The van der Waals surface area contributed by atoms with Crippen LogP contribution in [0.25, 0.3) is 0 Å². The van der Waals surface area contributed by atoms with Crippen molar-refractivity contribution >= 4 is 5.91 Å². The van der Waals surface area contributed by atoms with Crippen molar-refractivity contribution in [2.24, 2.45) is 0 Å². The van der Waals surface area contributed by atoms with Gasteiger partial charge in [-0.3, -0.25) is 4.79 Å². The first-order valence-corrected chi connectivity index (χ1v) is 8.27. The number of carbonyl (C=O) groups is 1. The van der Waals surface area contributed by atoms with Gasteiger partial charge in [0, 0.05) is 26.3 Å². The van der Waals surface area contributed by atoms with E-state index in [1.807, 2.05) is 4.90 Å². The van der Waals surface area contributed by atoms with Crippen LogP contribution >= 0.6 is 0 Å². The summed E-state index contributed by atoms with van der Waals surface area (Å²) in [6.07, 6.45) is 3.47. The van der Waals surface area contributed by atoms with Gasteiger partial charge in [-0.25, -0.2) is 4.39 Å². The Hall–Kier alpha value is -1.66. The summed E-state index contributed by atoms with van der Waals surface area (Å²) in [7, 11) is 4.81. The van der Waals surface area contributed by atoms with Crippen molar-refractivity contribution in [1.29, 1.82) is 0 Å². The number of carbonyl (C=O) groups excluding carboxylic acids is 1. The van der Waals surface area contributed by atoms with E-state index in [0.717, 1.165) is 25.7 Å². The molecule has 1 aromatic carbocycles. The molecule has 1 aromatic rings. The molecule has 0 spiro atoms. The van der Waals surface area contributed by atoms with Gasteiger partial charge < -0.3 is 19.1 Å². The number of halogens is 1. The Kier molecular flexibility index (Phi) is 4.78. The molecule has 3 rings (SSSR count). The molecule has 24 heavy (non-hydrogen) atoms. The van der Waals surface area contributed by atoms with Crippen LogP contribution < -0.4 is 4.74 Å². The first-order valence-electron chi connectivity index (χ1n) is 8.27. The molecule has 0 bridgehead atoms. The number of methoxy groups -OCH3 is 3. The van der Waals surface area contributed by atoms with Crippen molar-refractivity contribution in [2.75, 3.05) is 27.9 Å². The summed E-state index contributed by atoms with van der Waals surface area (Å²) < 4.78 is 30.2. The van der Waals surface area contributed by atoms with Crippen LogP contribution in [0.4, 0.5) is 4.39 Å². The van der Waals surface area contributed by atoms with Crippen molar-refractivity contribution in [2.45, 2.75) is 43.4 Å². The molecule has 3 atom stereocenters. The van der Waals surface area contributed by atoms with E-state index in [-0.39, 0.29) is 29.4 Å². The molecule has 2 aliphatic rings. The lowest BCUT2D eigenvalue weighted by Gasteiger charge is -2.43. The van der Waals surface area contributed by atoms with Crippen LogP contribution in [0.1, 0.15) is 36.0 Å². The number of fused-ring (bicyclic) bond motifs is 1. The number of nitrogens with zero attached hydrogens (tertiary/aromatic N) is 1. The second-order valence-corrected chi connectivity index (χ2v) is 6.51. The Morgan fingerprint density at radius 1 is 1.29 bits per heavy atom. The molecule has 0 radical (unpaired) electrons. The van der Waals surface area contributed by atoms with Gasteiger partial charge in [-0.05, 0) is 43.9 Å². The van der Waals surface area contributed by atoms with E-state index in [0.29, 0.717) is 12.1 Å². The minimum atomic E-state index is -0.529. The molecule has 0 unspecified atom stereocenters. The second kappa shape index (κ2) is 6.69. The molecule has 132 valence electrons. The maximum Gasteiger partial charge on any atom is 0.254 e. The summed E-state index contributed by atoms with van der Waals surface area (Å²) in [5.41, 5.74) is 0.0233. The normalized spacial score (nSPS) is 29.4. The zero-order valence-electron chi connectivity index (χ0n) is 14.4. The third kappa shape index (κ3) is 2.78. The molecule has 2 fully saturated rings. The lowest BCUT2D eigenvalue weighted by molar-refractivity contribution is -0.0893. The van der Waals surface area contributed by atoms with Crippen molar-refractivity contribution in [1.82, 2.24) is 4.90 Å². The first-order chi connectivity index (χ1) is 11.5. The van der Waals surface area contributed by atoms with E-state index in [1.165, 1.54) is 19.2 Å². The molecule has 1 amide bonds. The van der Waals surface area contributed by atoms with E-state index >= 15 is 0 Å². The molecule has 0 N–H and O–H groups in total. The van der Waals surface area contributed by atoms with Gasteiger partial charge in [0.05, 0.1) is 24.9 Å². The standard InChI is InChI=1S/C18H24FNO4/c1-22-13-6-7-18(24-3)8-9-20(16(18)11-13)17(21)12-4-5-15(23-2)14(19)10-12/h4-5,10,13,16H,6-9,11H2,1-3H3/t13-,16+,18-/m0/s1. The van der Waals surface area contributed by atoms with Crippen LogP contribution in [0.2, 0.25) is 0 Å². The van der Waals surface area contributed by atoms with Crippen molar-refractivity contribution in [3.8, 4) is 5.75 Å². The molecular formula is C18H24FNO4. The van der Waals surface area contributed by atoms with Gasteiger partial charge in [0.1, 0.15) is 0 Å². The molecule has 1 aliphatic heterocycles. The Bertz CT molecular complexity index is 623. The van der Waals surface area contributed by atoms with Crippen LogP contribution in [0.15, 0.2) is 18.2 Å². The minimum absolute atomic E-state index is 0.0427. The minimum Gasteiger partial charge on any atom is -0.494 e. The zero-order chi connectivity index (χ0) is 17.3. The number of hydrogen-bond acceptors (Lipinski definition) is 4. The zero-order valence-corrected chi connectivity index (χ0v) is 14.4. The molecule has 5 nitrogen and oxygen atoms in total.